The molecule has 6 nitrogen and oxygen atoms in total. The zero-order valence-electron chi connectivity index (χ0n) is 5.93. The number of primary amides is 1. The van der Waals surface area contributed by atoms with Crippen molar-refractivity contribution in [2.75, 3.05) is 11.9 Å². The van der Waals surface area contributed by atoms with Crippen LogP contribution in [0.2, 0.25) is 0 Å². The maximum Gasteiger partial charge on any atom is 0.321 e. The Morgan fingerprint density at radius 2 is 2.09 bits per heavy atom. The average Bonchev–Trinajstić information content (AvgIpc) is 2.05. The second-order valence-corrected chi connectivity index (χ2v) is 1.84. The minimum atomic E-state index is -0.601. The molecule has 0 aliphatic heterocycles. The lowest BCUT2D eigenvalue weighted by molar-refractivity contribution is 0.255. The van der Waals surface area contributed by atoms with Crippen molar-refractivity contribution in [2.45, 2.75) is 0 Å². The molecule has 0 unspecified atom stereocenters. The summed E-state index contributed by atoms with van der Waals surface area (Å²) in [5.41, 5.74) is 4.95. The van der Waals surface area contributed by atoms with Gasteiger partial charge in [-0.05, 0) is 0 Å². The topological polar surface area (TPSA) is 85.0 Å². The molecule has 0 aliphatic carbocycles. The molecule has 0 radical (unpaired) electrons. The van der Waals surface area contributed by atoms with Gasteiger partial charge in [-0.3, -0.25) is 4.90 Å². The third-order valence-electron chi connectivity index (χ3n) is 1.11. The number of hydrogen-bond acceptors (Lipinski definition) is 4. The Bertz CT molecular complexity index is 248. The van der Waals surface area contributed by atoms with Crippen LogP contribution in [-0.2, 0) is 0 Å². The summed E-state index contributed by atoms with van der Waals surface area (Å²) in [7, 11) is 1.48. The SMILES string of the molecule is CN(C(N)=O)c1ncncn1. The largest absolute Gasteiger partial charge is 0.351 e. The molecule has 1 rings (SSSR count). The molecule has 0 spiro atoms. The zero-order chi connectivity index (χ0) is 8.27. The summed E-state index contributed by atoms with van der Waals surface area (Å²) in [5.74, 6) is 0.243. The van der Waals surface area contributed by atoms with E-state index in [1.807, 2.05) is 0 Å². The maximum absolute atomic E-state index is 10.5. The number of anilines is 1. The van der Waals surface area contributed by atoms with Crippen LogP contribution < -0.4 is 10.6 Å². The fourth-order valence-corrected chi connectivity index (χ4v) is 0.505. The highest BCUT2D eigenvalue weighted by Gasteiger charge is 2.07. The highest BCUT2D eigenvalue weighted by atomic mass is 16.2. The van der Waals surface area contributed by atoms with Gasteiger partial charge < -0.3 is 5.73 Å². The van der Waals surface area contributed by atoms with Crippen LogP contribution in [0.1, 0.15) is 0 Å². The third-order valence-corrected chi connectivity index (χ3v) is 1.11. The lowest BCUT2D eigenvalue weighted by atomic mass is 10.7. The Morgan fingerprint density at radius 3 is 2.55 bits per heavy atom. The van der Waals surface area contributed by atoms with E-state index in [1.165, 1.54) is 19.7 Å². The van der Waals surface area contributed by atoms with E-state index in [4.69, 9.17) is 5.73 Å². The van der Waals surface area contributed by atoms with E-state index in [2.05, 4.69) is 15.0 Å². The summed E-state index contributed by atoms with van der Waals surface area (Å²) in [4.78, 5) is 22.7. The molecule has 0 fully saturated rings. The van der Waals surface area contributed by atoms with Crippen LogP contribution in [0, 0.1) is 0 Å². The Hall–Kier alpha value is -1.72. The van der Waals surface area contributed by atoms with Gasteiger partial charge in [0.25, 0.3) is 0 Å². The number of rotatable bonds is 1. The number of nitrogens with two attached hydrogens (primary N) is 1. The standard InChI is InChI=1S/C5H7N5O/c1-10(4(6)11)5-8-2-7-3-9-5/h2-3H,1H3,(H2,6,11). The predicted molar refractivity (Wildman–Crippen MR) is 37.8 cm³/mol. The van der Waals surface area contributed by atoms with Crippen molar-refractivity contribution in [1.82, 2.24) is 15.0 Å². The number of hydrogen-bond donors (Lipinski definition) is 1. The maximum atomic E-state index is 10.5. The highest BCUT2D eigenvalue weighted by molar-refractivity contribution is 5.87. The molecular weight excluding hydrogens is 146 g/mol. The molecule has 0 aliphatic rings. The Morgan fingerprint density at radius 1 is 1.55 bits per heavy atom. The zero-order valence-corrected chi connectivity index (χ0v) is 5.93. The number of carbonyl (C=O) groups is 1. The van der Waals surface area contributed by atoms with Gasteiger partial charge in [-0.25, -0.2) is 19.7 Å². The molecule has 0 saturated carbocycles. The normalized spacial score (nSPS) is 9.18. The first-order valence-electron chi connectivity index (χ1n) is 2.87. The lowest BCUT2D eigenvalue weighted by Crippen LogP contribution is -2.33. The molecule has 0 atom stereocenters. The fourth-order valence-electron chi connectivity index (χ4n) is 0.505. The number of amides is 2. The monoisotopic (exact) mass is 153 g/mol. The highest BCUT2D eigenvalue weighted by Crippen LogP contribution is 1.98. The van der Waals surface area contributed by atoms with Crippen molar-refractivity contribution in [3.8, 4) is 0 Å². The Balaban J connectivity index is 2.85. The summed E-state index contributed by atoms with van der Waals surface area (Å²) in [6, 6.07) is -0.601. The van der Waals surface area contributed by atoms with Crippen molar-refractivity contribution >= 4 is 12.0 Å². The van der Waals surface area contributed by atoms with E-state index in [0.717, 1.165) is 4.90 Å². The molecule has 0 bridgehead atoms. The van der Waals surface area contributed by atoms with E-state index in [9.17, 15) is 4.79 Å². The number of aromatic nitrogens is 3. The first-order valence-corrected chi connectivity index (χ1v) is 2.87. The summed E-state index contributed by atoms with van der Waals surface area (Å²) in [6.07, 6.45) is 2.59. The molecule has 0 aromatic carbocycles. The van der Waals surface area contributed by atoms with Crippen LogP contribution in [0.15, 0.2) is 12.7 Å². The van der Waals surface area contributed by atoms with Gasteiger partial charge in [0.1, 0.15) is 12.7 Å². The van der Waals surface area contributed by atoms with Gasteiger partial charge in [-0.1, -0.05) is 0 Å². The predicted octanol–water partition coefficient (Wildman–Crippen LogP) is -0.614. The van der Waals surface area contributed by atoms with Crippen molar-refractivity contribution in [3.05, 3.63) is 12.7 Å². The second kappa shape index (κ2) is 2.91. The van der Waals surface area contributed by atoms with Crippen LogP contribution in [0.4, 0.5) is 10.7 Å². The number of nitrogens with zero attached hydrogens (tertiary/aromatic N) is 4. The summed E-state index contributed by atoms with van der Waals surface area (Å²) < 4.78 is 0. The van der Waals surface area contributed by atoms with Gasteiger partial charge in [-0.15, -0.1) is 0 Å². The van der Waals surface area contributed by atoms with E-state index in [0.29, 0.717) is 0 Å². The summed E-state index contributed by atoms with van der Waals surface area (Å²) in [6.45, 7) is 0. The smallest absolute Gasteiger partial charge is 0.321 e. The average molecular weight is 153 g/mol. The molecule has 6 heteroatoms. The first kappa shape index (κ1) is 7.39. The van der Waals surface area contributed by atoms with Crippen LogP contribution in [0.3, 0.4) is 0 Å². The van der Waals surface area contributed by atoms with Gasteiger partial charge in [0, 0.05) is 7.05 Å². The van der Waals surface area contributed by atoms with E-state index >= 15 is 0 Å². The van der Waals surface area contributed by atoms with Crippen molar-refractivity contribution in [3.63, 3.8) is 0 Å². The second-order valence-electron chi connectivity index (χ2n) is 1.84. The molecule has 1 heterocycles. The van der Waals surface area contributed by atoms with Gasteiger partial charge in [0.05, 0.1) is 0 Å². The lowest BCUT2D eigenvalue weighted by Gasteiger charge is -2.09. The fraction of sp³-hybridized carbons (Fsp3) is 0.200. The third kappa shape index (κ3) is 1.60. The molecule has 0 saturated heterocycles. The van der Waals surface area contributed by atoms with Gasteiger partial charge >= 0.3 is 6.03 Å². The minimum absolute atomic E-state index is 0.243. The van der Waals surface area contributed by atoms with Gasteiger partial charge in [-0.2, -0.15) is 0 Å². The van der Waals surface area contributed by atoms with Crippen LogP contribution in [-0.4, -0.2) is 28.0 Å². The molecule has 58 valence electrons. The van der Waals surface area contributed by atoms with Gasteiger partial charge in [0.2, 0.25) is 5.95 Å². The quantitative estimate of drug-likeness (QED) is 0.583. The molecule has 2 N–H and O–H groups in total. The van der Waals surface area contributed by atoms with Crippen LogP contribution in [0.5, 0.6) is 0 Å². The number of carbonyl (C=O) groups excluding carboxylic acids is 1. The first-order chi connectivity index (χ1) is 5.22. The number of urea groups is 1. The van der Waals surface area contributed by atoms with Crippen molar-refractivity contribution < 1.29 is 4.79 Å². The summed E-state index contributed by atoms with van der Waals surface area (Å²) in [5, 5.41) is 0. The molecular formula is C5H7N5O. The van der Waals surface area contributed by atoms with Crippen molar-refractivity contribution in [1.29, 1.82) is 0 Å². The minimum Gasteiger partial charge on any atom is -0.351 e. The molecule has 11 heavy (non-hydrogen) atoms. The molecule has 1 aromatic heterocycles. The van der Waals surface area contributed by atoms with E-state index in [-0.39, 0.29) is 5.95 Å². The molecule has 1 aromatic rings. The summed E-state index contributed by atoms with van der Waals surface area (Å²) >= 11 is 0. The van der Waals surface area contributed by atoms with E-state index < -0.39 is 6.03 Å². The molecule has 2 amide bonds. The van der Waals surface area contributed by atoms with E-state index in [1.54, 1.807) is 0 Å². The van der Waals surface area contributed by atoms with Gasteiger partial charge in [0.15, 0.2) is 0 Å². The van der Waals surface area contributed by atoms with Crippen LogP contribution >= 0.6 is 0 Å². The van der Waals surface area contributed by atoms with Crippen molar-refractivity contribution in [2.24, 2.45) is 5.73 Å². The van der Waals surface area contributed by atoms with Crippen LogP contribution in [0.25, 0.3) is 0 Å². The Kier molecular flexibility index (Phi) is 1.95. The Labute approximate surface area is 63.1 Å².